The second-order valence-corrected chi connectivity index (χ2v) is 6.44. The van der Waals surface area contributed by atoms with Gasteiger partial charge in [0, 0.05) is 6.92 Å². The number of carbonyl (C=O) groups is 1. The molecule has 0 aliphatic rings. The van der Waals surface area contributed by atoms with Gasteiger partial charge in [0.05, 0.1) is 7.11 Å². The molecule has 0 saturated carbocycles. The number of ether oxygens (including phenoxy) is 2. The molecule has 0 radical (unpaired) electrons. The van der Waals surface area contributed by atoms with Crippen LogP contribution in [0.4, 0.5) is 0 Å². The molecular weight excluding hydrogens is 300 g/mol. The smallest absolute Gasteiger partial charge is 0.308 e. The van der Waals surface area contributed by atoms with Gasteiger partial charge < -0.3 is 9.47 Å². The molecule has 0 N–H and O–H groups in total. The van der Waals surface area contributed by atoms with Crippen LogP contribution in [0.3, 0.4) is 0 Å². The summed E-state index contributed by atoms with van der Waals surface area (Å²) in [6.45, 7) is 13.8. The standard InChI is InChI=1S/C21H26O3/c1-11-9-18(13(3)15(5)20(11)23-8)19-10-12(2)21(24-17(7)22)16(6)14(19)4/h9-10H,1-8H3. The van der Waals surface area contributed by atoms with Gasteiger partial charge >= 0.3 is 5.97 Å². The predicted molar refractivity (Wildman–Crippen MR) is 98.2 cm³/mol. The number of aryl methyl sites for hydroxylation is 2. The highest BCUT2D eigenvalue weighted by Gasteiger charge is 2.18. The molecule has 0 fully saturated rings. The van der Waals surface area contributed by atoms with E-state index in [1.54, 1.807) is 7.11 Å². The summed E-state index contributed by atoms with van der Waals surface area (Å²) in [6.07, 6.45) is 0. The minimum atomic E-state index is -0.291. The number of benzene rings is 2. The highest BCUT2D eigenvalue weighted by molar-refractivity contribution is 5.78. The van der Waals surface area contributed by atoms with Gasteiger partial charge in [-0.2, -0.15) is 0 Å². The van der Waals surface area contributed by atoms with Gasteiger partial charge in [0.25, 0.3) is 0 Å². The number of carbonyl (C=O) groups excluding carboxylic acids is 1. The third kappa shape index (κ3) is 3.03. The maximum atomic E-state index is 11.4. The highest BCUT2D eigenvalue weighted by atomic mass is 16.5. The molecule has 0 aromatic heterocycles. The molecule has 24 heavy (non-hydrogen) atoms. The summed E-state index contributed by atoms with van der Waals surface area (Å²) in [7, 11) is 1.71. The molecule has 3 heteroatoms. The van der Waals surface area contributed by atoms with E-state index >= 15 is 0 Å². The highest BCUT2D eigenvalue weighted by Crippen LogP contribution is 2.39. The van der Waals surface area contributed by atoms with Gasteiger partial charge in [-0.1, -0.05) is 0 Å². The van der Waals surface area contributed by atoms with Gasteiger partial charge in [0.2, 0.25) is 0 Å². The lowest BCUT2D eigenvalue weighted by molar-refractivity contribution is -0.131. The third-order valence-corrected chi connectivity index (χ3v) is 4.79. The van der Waals surface area contributed by atoms with Gasteiger partial charge in [-0.25, -0.2) is 0 Å². The minimum absolute atomic E-state index is 0.291. The van der Waals surface area contributed by atoms with Crippen LogP contribution in [-0.4, -0.2) is 13.1 Å². The molecule has 0 spiro atoms. The van der Waals surface area contributed by atoms with E-state index < -0.39 is 0 Å². The molecule has 0 aliphatic carbocycles. The van der Waals surface area contributed by atoms with E-state index in [9.17, 15) is 4.79 Å². The number of hydrogen-bond donors (Lipinski definition) is 0. The van der Waals surface area contributed by atoms with E-state index in [1.165, 1.54) is 23.6 Å². The van der Waals surface area contributed by atoms with Crippen molar-refractivity contribution in [1.29, 1.82) is 0 Å². The van der Waals surface area contributed by atoms with Gasteiger partial charge in [0.15, 0.2) is 0 Å². The first-order valence-electron chi connectivity index (χ1n) is 8.13. The summed E-state index contributed by atoms with van der Waals surface area (Å²) in [5.41, 5.74) is 8.96. The first kappa shape index (κ1) is 18.1. The number of methoxy groups -OCH3 is 1. The van der Waals surface area contributed by atoms with Crippen LogP contribution in [0.25, 0.3) is 11.1 Å². The molecule has 2 aromatic carbocycles. The molecule has 0 saturated heterocycles. The molecule has 0 amide bonds. The lowest BCUT2D eigenvalue weighted by Gasteiger charge is -2.20. The lowest BCUT2D eigenvalue weighted by atomic mass is 9.88. The monoisotopic (exact) mass is 326 g/mol. The Morgan fingerprint density at radius 2 is 1.17 bits per heavy atom. The molecule has 3 nitrogen and oxygen atoms in total. The minimum Gasteiger partial charge on any atom is -0.496 e. The van der Waals surface area contributed by atoms with Gasteiger partial charge in [0.1, 0.15) is 11.5 Å². The Kier molecular flexibility index (Phi) is 5.02. The van der Waals surface area contributed by atoms with Crippen LogP contribution in [-0.2, 0) is 4.79 Å². The summed E-state index contributed by atoms with van der Waals surface area (Å²) in [6, 6.07) is 4.28. The van der Waals surface area contributed by atoms with Crippen molar-refractivity contribution in [2.45, 2.75) is 48.5 Å². The van der Waals surface area contributed by atoms with Crippen molar-refractivity contribution in [3.63, 3.8) is 0 Å². The molecule has 2 aromatic rings. The summed E-state index contributed by atoms with van der Waals surface area (Å²) in [5, 5.41) is 0. The topological polar surface area (TPSA) is 35.5 Å². The van der Waals surface area contributed by atoms with E-state index in [0.717, 1.165) is 33.6 Å². The van der Waals surface area contributed by atoms with E-state index in [1.807, 2.05) is 13.8 Å². The second-order valence-electron chi connectivity index (χ2n) is 6.44. The maximum Gasteiger partial charge on any atom is 0.308 e. The molecule has 0 unspecified atom stereocenters. The Balaban J connectivity index is 2.73. The maximum absolute atomic E-state index is 11.4. The average Bonchev–Trinajstić information content (AvgIpc) is 2.51. The molecular formula is C21H26O3. The average molecular weight is 326 g/mol. The third-order valence-electron chi connectivity index (χ3n) is 4.79. The van der Waals surface area contributed by atoms with Crippen LogP contribution in [0.15, 0.2) is 12.1 Å². The Labute approximate surface area is 144 Å². The number of esters is 1. The normalized spacial score (nSPS) is 10.7. The predicted octanol–water partition coefficient (Wildman–Crippen LogP) is 5.14. The van der Waals surface area contributed by atoms with Crippen molar-refractivity contribution in [2.24, 2.45) is 0 Å². The van der Waals surface area contributed by atoms with E-state index in [2.05, 4.69) is 39.8 Å². The fraction of sp³-hybridized carbons (Fsp3) is 0.381. The lowest BCUT2D eigenvalue weighted by Crippen LogP contribution is -2.06. The van der Waals surface area contributed by atoms with Crippen LogP contribution < -0.4 is 9.47 Å². The summed E-state index contributed by atoms with van der Waals surface area (Å²) in [5.74, 6) is 1.32. The fourth-order valence-corrected chi connectivity index (χ4v) is 3.29. The second kappa shape index (κ2) is 6.68. The largest absolute Gasteiger partial charge is 0.496 e. The number of rotatable bonds is 3. The summed E-state index contributed by atoms with van der Waals surface area (Å²) in [4.78, 5) is 11.4. The van der Waals surface area contributed by atoms with E-state index in [4.69, 9.17) is 9.47 Å². The first-order chi connectivity index (χ1) is 11.2. The molecule has 0 aliphatic heterocycles. The van der Waals surface area contributed by atoms with Crippen LogP contribution in [0.5, 0.6) is 11.5 Å². The first-order valence-corrected chi connectivity index (χ1v) is 8.13. The summed E-state index contributed by atoms with van der Waals surface area (Å²) >= 11 is 0. The quantitative estimate of drug-likeness (QED) is 0.579. The fourth-order valence-electron chi connectivity index (χ4n) is 3.29. The molecule has 0 bridgehead atoms. The Morgan fingerprint density at radius 3 is 1.58 bits per heavy atom. The Morgan fingerprint density at radius 1 is 0.750 bits per heavy atom. The van der Waals surface area contributed by atoms with Gasteiger partial charge in [-0.15, -0.1) is 0 Å². The SMILES string of the molecule is COc1c(C)cc(-c2cc(C)c(OC(C)=O)c(C)c2C)c(C)c1C. The van der Waals surface area contributed by atoms with Crippen molar-refractivity contribution in [2.75, 3.05) is 7.11 Å². The Hall–Kier alpha value is -2.29. The zero-order valence-electron chi connectivity index (χ0n) is 15.9. The summed E-state index contributed by atoms with van der Waals surface area (Å²) < 4.78 is 10.9. The van der Waals surface area contributed by atoms with Crippen LogP contribution in [0, 0.1) is 41.5 Å². The Bertz CT molecular complexity index is 817. The zero-order chi connectivity index (χ0) is 18.2. The van der Waals surface area contributed by atoms with Gasteiger partial charge in [-0.3, -0.25) is 4.79 Å². The molecule has 0 atom stereocenters. The van der Waals surface area contributed by atoms with Crippen molar-refractivity contribution >= 4 is 5.97 Å². The van der Waals surface area contributed by atoms with Crippen LogP contribution in [0.2, 0.25) is 0 Å². The molecule has 2 rings (SSSR count). The van der Waals surface area contributed by atoms with E-state index in [0.29, 0.717) is 5.75 Å². The van der Waals surface area contributed by atoms with E-state index in [-0.39, 0.29) is 5.97 Å². The van der Waals surface area contributed by atoms with Crippen molar-refractivity contribution in [3.05, 3.63) is 45.5 Å². The van der Waals surface area contributed by atoms with Crippen molar-refractivity contribution in [3.8, 4) is 22.6 Å². The van der Waals surface area contributed by atoms with Gasteiger partial charge in [-0.05, 0) is 98.2 Å². The van der Waals surface area contributed by atoms with Crippen LogP contribution in [0.1, 0.15) is 40.3 Å². The molecule has 128 valence electrons. The van der Waals surface area contributed by atoms with Crippen molar-refractivity contribution < 1.29 is 14.3 Å². The van der Waals surface area contributed by atoms with Crippen molar-refractivity contribution in [1.82, 2.24) is 0 Å². The molecule has 0 heterocycles. The number of hydrogen-bond acceptors (Lipinski definition) is 3. The van der Waals surface area contributed by atoms with Crippen LogP contribution >= 0.6 is 0 Å². The zero-order valence-corrected chi connectivity index (χ0v) is 15.9.